The number of aromatic nitrogens is 3. The summed E-state index contributed by atoms with van der Waals surface area (Å²) in [6.07, 6.45) is 14.5. The van der Waals surface area contributed by atoms with Crippen LogP contribution in [-0.2, 0) is 0 Å². The van der Waals surface area contributed by atoms with Crippen molar-refractivity contribution in [2.24, 2.45) is 22.2 Å². The number of H-pyrrole nitrogens is 1. The van der Waals surface area contributed by atoms with E-state index in [0.29, 0.717) is 18.3 Å². The van der Waals surface area contributed by atoms with Crippen molar-refractivity contribution in [2.45, 2.75) is 58.4 Å². The van der Waals surface area contributed by atoms with Crippen LogP contribution in [-0.4, -0.2) is 27.2 Å². The molecule has 140 valence electrons. The normalized spacial score (nSPS) is 25.3. The number of hydrogen-bond acceptors (Lipinski definition) is 4. The molecule has 3 atom stereocenters. The van der Waals surface area contributed by atoms with Gasteiger partial charge in [-0.05, 0) is 43.6 Å². The van der Waals surface area contributed by atoms with E-state index in [-0.39, 0.29) is 11.5 Å². The molecular formula is C22H27N5. The zero-order chi connectivity index (χ0) is 18.9. The van der Waals surface area contributed by atoms with Gasteiger partial charge in [0.15, 0.2) is 0 Å². The van der Waals surface area contributed by atoms with Crippen LogP contribution in [0.2, 0.25) is 0 Å². The van der Waals surface area contributed by atoms with E-state index in [4.69, 9.17) is 4.99 Å². The molecule has 5 nitrogen and oxygen atoms in total. The molecular weight excluding hydrogens is 334 g/mol. The van der Waals surface area contributed by atoms with Gasteiger partial charge >= 0.3 is 0 Å². The van der Waals surface area contributed by atoms with Crippen molar-refractivity contribution in [1.29, 1.82) is 5.26 Å². The third-order valence-corrected chi connectivity index (χ3v) is 6.62. The van der Waals surface area contributed by atoms with E-state index in [1.807, 2.05) is 18.5 Å². The molecule has 1 saturated carbocycles. The predicted octanol–water partition coefficient (Wildman–Crippen LogP) is 4.93. The second-order valence-electron chi connectivity index (χ2n) is 8.44. The first-order chi connectivity index (χ1) is 13.1. The van der Waals surface area contributed by atoms with E-state index in [1.165, 1.54) is 25.7 Å². The number of fused-ring (bicyclic) bond motifs is 1. The summed E-state index contributed by atoms with van der Waals surface area (Å²) in [7, 11) is 0. The number of aliphatic imine (C=N–C) groups is 1. The maximum atomic E-state index is 9.47. The van der Waals surface area contributed by atoms with Gasteiger partial charge in [0, 0.05) is 35.7 Å². The number of nitrogens with zero attached hydrogens (tertiary/aromatic N) is 4. The Balaban J connectivity index is 1.65. The van der Waals surface area contributed by atoms with Crippen LogP contribution in [0.4, 0.5) is 0 Å². The van der Waals surface area contributed by atoms with Crippen LogP contribution in [0, 0.1) is 28.6 Å². The molecule has 0 spiro atoms. The van der Waals surface area contributed by atoms with E-state index < -0.39 is 0 Å². The van der Waals surface area contributed by atoms with E-state index in [0.717, 1.165) is 28.7 Å². The highest BCUT2D eigenvalue weighted by Crippen LogP contribution is 2.47. The lowest BCUT2D eigenvalue weighted by molar-refractivity contribution is 0.150. The first kappa shape index (κ1) is 17.9. The number of nitrogens with one attached hydrogen (secondary N) is 1. The Morgan fingerprint density at radius 2 is 2.11 bits per heavy atom. The van der Waals surface area contributed by atoms with Gasteiger partial charge in [-0.25, -0.2) is 9.97 Å². The first-order valence-electron chi connectivity index (χ1n) is 10.0. The molecule has 1 aliphatic heterocycles. The van der Waals surface area contributed by atoms with E-state index in [9.17, 15) is 5.26 Å². The lowest BCUT2D eigenvalue weighted by atomic mass is 9.67. The summed E-state index contributed by atoms with van der Waals surface area (Å²) >= 11 is 0. The van der Waals surface area contributed by atoms with Crippen molar-refractivity contribution < 1.29 is 0 Å². The van der Waals surface area contributed by atoms with Gasteiger partial charge in [-0.1, -0.05) is 25.8 Å². The monoisotopic (exact) mass is 361 g/mol. The molecule has 1 N–H and O–H groups in total. The highest BCUT2D eigenvalue weighted by Gasteiger charge is 2.39. The fourth-order valence-corrected chi connectivity index (χ4v) is 4.92. The number of dihydropyridines is 1. The zero-order valence-electron chi connectivity index (χ0n) is 16.2. The van der Waals surface area contributed by atoms with Crippen molar-refractivity contribution in [3.8, 4) is 6.07 Å². The van der Waals surface area contributed by atoms with Crippen LogP contribution in [0.5, 0.6) is 0 Å². The molecule has 2 aromatic heterocycles. The molecule has 4 rings (SSSR count). The lowest BCUT2D eigenvalue weighted by Crippen LogP contribution is -2.31. The van der Waals surface area contributed by atoms with Crippen molar-refractivity contribution in [1.82, 2.24) is 15.0 Å². The molecule has 3 unspecified atom stereocenters. The van der Waals surface area contributed by atoms with E-state index >= 15 is 0 Å². The van der Waals surface area contributed by atoms with Crippen LogP contribution in [0.15, 0.2) is 29.7 Å². The maximum Gasteiger partial charge on any atom is 0.141 e. The minimum absolute atomic E-state index is 0.0632. The SMILES string of the molecule is CC1N=CC(c2ncnc3[nH]ccc23)=CC1CC(C)(CC#N)C1CCCC1. The Hall–Kier alpha value is -2.48. The fourth-order valence-electron chi connectivity index (χ4n) is 4.92. The highest BCUT2D eigenvalue weighted by molar-refractivity contribution is 6.13. The lowest BCUT2D eigenvalue weighted by Gasteiger charge is -2.38. The summed E-state index contributed by atoms with van der Waals surface area (Å²) in [6, 6.07) is 4.72. The number of aromatic amines is 1. The molecule has 0 radical (unpaired) electrons. The molecule has 0 amide bonds. The summed E-state index contributed by atoms with van der Waals surface area (Å²) in [5, 5.41) is 10.5. The number of hydrogen-bond donors (Lipinski definition) is 1. The fraction of sp³-hybridized carbons (Fsp3) is 0.545. The molecule has 5 heteroatoms. The summed E-state index contributed by atoms with van der Waals surface area (Å²) in [5.41, 5.74) is 2.92. The van der Waals surface area contributed by atoms with Crippen molar-refractivity contribution in [2.75, 3.05) is 0 Å². The van der Waals surface area contributed by atoms with Gasteiger partial charge in [0.05, 0.1) is 17.8 Å². The molecule has 2 aliphatic rings. The largest absolute Gasteiger partial charge is 0.346 e. The second-order valence-corrected chi connectivity index (χ2v) is 8.44. The van der Waals surface area contributed by atoms with Gasteiger partial charge in [0.1, 0.15) is 12.0 Å². The Bertz CT molecular complexity index is 912. The summed E-state index contributed by atoms with van der Waals surface area (Å²) in [5.74, 6) is 0.982. The van der Waals surface area contributed by atoms with Gasteiger partial charge < -0.3 is 4.98 Å². The zero-order valence-corrected chi connectivity index (χ0v) is 16.2. The Morgan fingerprint density at radius 1 is 1.30 bits per heavy atom. The molecule has 0 saturated heterocycles. The van der Waals surface area contributed by atoms with Crippen LogP contribution in [0.1, 0.15) is 58.1 Å². The molecule has 0 bridgehead atoms. The standard InChI is InChI=1S/C22H27N5/c1-15-16(12-22(2,8-9-23)18-5-3-4-6-18)11-17(13-25-15)20-19-7-10-24-21(19)27-14-26-20/h7,10-11,13-16,18H,3-6,8,12H2,1-2H3,(H,24,26,27). The van der Waals surface area contributed by atoms with E-state index in [2.05, 4.69) is 40.9 Å². The van der Waals surface area contributed by atoms with Gasteiger partial charge in [0.2, 0.25) is 0 Å². The Labute approximate surface area is 160 Å². The second kappa shape index (κ2) is 7.26. The molecule has 2 aromatic rings. The Morgan fingerprint density at radius 3 is 2.89 bits per heavy atom. The van der Waals surface area contributed by atoms with Gasteiger partial charge in [-0.15, -0.1) is 0 Å². The average molecular weight is 361 g/mol. The minimum Gasteiger partial charge on any atom is -0.346 e. The maximum absolute atomic E-state index is 9.47. The topological polar surface area (TPSA) is 77.7 Å². The third-order valence-electron chi connectivity index (χ3n) is 6.62. The molecule has 3 heterocycles. The van der Waals surface area contributed by atoms with Crippen LogP contribution in [0.3, 0.4) is 0 Å². The van der Waals surface area contributed by atoms with E-state index in [1.54, 1.807) is 6.33 Å². The summed E-state index contributed by atoms with van der Waals surface area (Å²) in [6.45, 7) is 4.50. The summed E-state index contributed by atoms with van der Waals surface area (Å²) < 4.78 is 0. The highest BCUT2D eigenvalue weighted by atomic mass is 14.9. The van der Waals surface area contributed by atoms with Gasteiger partial charge in [-0.3, -0.25) is 4.99 Å². The van der Waals surface area contributed by atoms with Gasteiger partial charge in [0.25, 0.3) is 0 Å². The minimum atomic E-state index is 0.0632. The number of nitriles is 1. The van der Waals surface area contributed by atoms with Gasteiger partial charge in [-0.2, -0.15) is 5.26 Å². The number of rotatable bonds is 5. The average Bonchev–Trinajstić information content (AvgIpc) is 3.35. The molecule has 1 aliphatic carbocycles. The smallest absolute Gasteiger partial charge is 0.141 e. The first-order valence-corrected chi connectivity index (χ1v) is 10.0. The van der Waals surface area contributed by atoms with Crippen LogP contribution >= 0.6 is 0 Å². The number of allylic oxidation sites excluding steroid dienone is 1. The van der Waals surface area contributed by atoms with Crippen LogP contribution in [0.25, 0.3) is 16.6 Å². The predicted molar refractivity (Wildman–Crippen MR) is 108 cm³/mol. The summed E-state index contributed by atoms with van der Waals surface area (Å²) in [4.78, 5) is 16.8. The molecule has 0 aromatic carbocycles. The van der Waals surface area contributed by atoms with Crippen molar-refractivity contribution >= 4 is 22.8 Å². The van der Waals surface area contributed by atoms with Crippen molar-refractivity contribution in [3.63, 3.8) is 0 Å². The molecule has 27 heavy (non-hydrogen) atoms. The Kier molecular flexibility index (Phi) is 4.82. The molecule has 1 fully saturated rings. The van der Waals surface area contributed by atoms with Crippen molar-refractivity contribution in [3.05, 3.63) is 30.4 Å². The van der Waals surface area contributed by atoms with Crippen LogP contribution < -0.4 is 0 Å². The quantitative estimate of drug-likeness (QED) is 0.820. The third kappa shape index (κ3) is 3.41.